The van der Waals surface area contributed by atoms with Crippen molar-refractivity contribution in [3.8, 4) is 11.5 Å². The highest BCUT2D eigenvalue weighted by atomic mass is 19.4. The van der Waals surface area contributed by atoms with Crippen LogP contribution in [0.2, 0.25) is 0 Å². The van der Waals surface area contributed by atoms with Crippen LogP contribution in [0.5, 0.6) is 11.5 Å². The number of benzene rings is 1. The summed E-state index contributed by atoms with van der Waals surface area (Å²) in [6, 6.07) is 5.28. The van der Waals surface area contributed by atoms with Gasteiger partial charge in [-0.05, 0) is 12.1 Å². The molecule has 0 fully saturated rings. The Balaban J connectivity index is 0.000000578. The van der Waals surface area contributed by atoms with E-state index in [1.165, 1.54) is 0 Å². The highest BCUT2D eigenvalue weighted by Gasteiger charge is 2.54. The number of methoxy groups -OCH3 is 2. The number of hydrogen-bond acceptors (Lipinski definition) is 5. The van der Waals surface area contributed by atoms with Crippen molar-refractivity contribution in [1.82, 2.24) is 0 Å². The summed E-state index contributed by atoms with van der Waals surface area (Å²) in [5, 5.41) is 2.83. The van der Waals surface area contributed by atoms with Gasteiger partial charge in [0.2, 0.25) is 5.91 Å². The van der Waals surface area contributed by atoms with Gasteiger partial charge in [-0.15, -0.1) is 0 Å². The molecular formula is C17H19F6NO5. The van der Waals surface area contributed by atoms with Gasteiger partial charge in [0.05, 0.1) is 19.9 Å². The molecule has 0 saturated heterocycles. The number of carbonyl (C=O) groups is 3. The molecule has 1 aromatic rings. The molecule has 1 N–H and O–H groups in total. The molecule has 0 radical (unpaired) electrons. The quantitative estimate of drug-likeness (QED) is 0.577. The van der Waals surface area contributed by atoms with E-state index in [0.29, 0.717) is 17.2 Å². The highest BCUT2D eigenvalue weighted by molar-refractivity contribution is 6.41. The first kappa shape index (κ1) is 26.2. The molecule has 1 rings (SSSR count). The van der Waals surface area contributed by atoms with E-state index in [9.17, 15) is 40.7 Å². The molecule has 1 amide bonds. The Morgan fingerprint density at radius 1 is 0.828 bits per heavy atom. The van der Waals surface area contributed by atoms with Crippen molar-refractivity contribution in [1.29, 1.82) is 0 Å². The lowest BCUT2D eigenvalue weighted by Crippen LogP contribution is -2.39. The molecule has 0 aliphatic carbocycles. The standard InChI is InChI=1S/C13H19NO3.C4F6O2/c1-13(2,3)12(15)14-10-8-9(16-4)6-7-11(10)17-5;5-3(6,7)1(11)2(12)4(8,9)10/h6-8H,1-5H3,(H,14,15);. The molecule has 0 aromatic heterocycles. The lowest BCUT2D eigenvalue weighted by Gasteiger charge is -2.19. The third-order valence-corrected chi connectivity index (χ3v) is 3.06. The lowest BCUT2D eigenvalue weighted by molar-refractivity contribution is -0.193. The van der Waals surface area contributed by atoms with Gasteiger partial charge in [-0.1, -0.05) is 20.8 Å². The third kappa shape index (κ3) is 8.40. The Bertz CT molecular complexity index is 726. The third-order valence-electron chi connectivity index (χ3n) is 3.06. The fourth-order valence-electron chi connectivity index (χ4n) is 1.48. The monoisotopic (exact) mass is 431 g/mol. The summed E-state index contributed by atoms with van der Waals surface area (Å²) in [5.41, 5.74) is 0.167. The van der Waals surface area contributed by atoms with Crippen LogP contribution in [-0.2, 0) is 14.4 Å². The predicted molar refractivity (Wildman–Crippen MR) is 89.8 cm³/mol. The first-order chi connectivity index (χ1) is 12.9. The van der Waals surface area contributed by atoms with E-state index in [-0.39, 0.29) is 5.91 Å². The van der Waals surface area contributed by atoms with Crippen LogP contribution < -0.4 is 14.8 Å². The molecule has 6 nitrogen and oxygen atoms in total. The van der Waals surface area contributed by atoms with E-state index >= 15 is 0 Å². The maximum absolute atomic E-state index is 11.9. The van der Waals surface area contributed by atoms with Gasteiger partial charge in [0, 0.05) is 11.5 Å². The first-order valence-electron chi connectivity index (χ1n) is 7.71. The van der Waals surface area contributed by atoms with E-state index < -0.39 is 29.3 Å². The number of alkyl halides is 6. The second-order valence-corrected chi connectivity index (χ2v) is 6.42. The van der Waals surface area contributed by atoms with Crippen LogP contribution in [0.25, 0.3) is 0 Å². The Morgan fingerprint density at radius 2 is 1.28 bits per heavy atom. The van der Waals surface area contributed by atoms with Gasteiger partial charge in [0.1, 0.15) is 11.5 Å². The van der Waals surface area contributed by atoms with Crippen LogP contribution in [-0.4, -0.2) is 44.0 Å². The number of rotatable bonds is 4. The predicted octanol–water partition coefficient (Wildman–Crippen LogP) is 3.94. The SMILES string of the molecule is COc1ccc(OC)c(NC(=O)C(C)(C)C)c1.O=C(C(=O)C(F)(F)F)C(F)(F)F. The van der Waals surface area contributed by atoms with E-state index in [2.05, 4.69) is 5.32 Å². The van der Waals surface area contributed by atoms with Gasteiger partial charge in [0.25, 0.3) is 0 Å². The van der Waals surface area contributed by atoms with Crippen molar-refractivity contribution in [3.05, 3.63) is 18.2 Å². The molecule has 164 valence electrons. The molecule has 0 aliphatic heterocycles. The molecule has 0 atom stereocenters. The Hall–Kier alpha value is -2.79. The zero-order chi connectivity index (χ0) is 23.2. The van der Waals surface area contributed by atoms with Crippen LogP contribution in [0.4, 0.5) is 32.0 Å². The number of amides is 1. The lowest BCUT2D eigenvalue weighted by atomic mass is 9.95. The van der Waals surface area contributed by atoms with Crippen LogP contribution >= 0.6 is 0 Å². The second-order valence-electron chi connectivity index (χ2n) is 6.42. The average Bonchev–Trinajstić information content (AvgIpc) is 2.58. The van der Waals surface area contributed by atoms with Crippen LogP contribution in [0.3, 0.4) is 0 Å². The smallest absolute Gasteiger partial charge is 0.458 e. The van der Waals surface area contributed by atoms with Gasteiger partial charge in [-0.2, -0.15) is 26.3 Å². The molecule has 0 bridgehead atoms. The van der Waals surface area contributed by atoms with E-state index in [0.717, 1.165) is 0 Å². The van der Waals surface area contributed by atoms with Crippen molar-refractivity contribution in [2.45, 2.75) is 33.1 Å². The number of ether oxygens (including phenoxy) is 2. The molecule has 0 saturated carbocycles. The number of hydrogen-bond donors (Lipinski definition) is 1. The van der Waals surface area contributed by atoms with E-state index in [1.54, 1.807) is 32.4 Å². The summed E-state index contributed by atoms with van der Waals surface area (Å²) in [6.45, 7) is 5.57. The number of anilines is 1. The molecule has 12 heteroatoms. The topological polar surface area (TPSA) is 81.7 Å². The fourth-order valence-corrected chi connectivity index (χ4v) is 1.48. The Labute approximate surface area is 162 Å². The van der Waals surface area contributed by atoms with Crippen LogP contribution in [0, 0.1) is 5.41 Å². The second kappa shape index (κ2) is 9.61. The number of halogens is 6. The van der Waals surface area contributed by atoms with Crippen LogP contribution in [0.1, 0.15) is 20.8 Å². The first-order valence-corrected chi connectivity index (χ1v) is 7.71. The van der Waals surface area contributed by atoms with Gasteiger partial charge >= 0.3 is 23.9 Å². The van der Waals surface area contributed by atoms with E-state index in [1.807, 2.05) is 20.8 Å². The van der Waals surface area contributed by atoms with E-state index in [4.69, 9.17) is 9.47 Å². The maximum Gasteiger partial charge on any atom is 0.458 e. The van der Waals surface area contributed by atoms with Crippen LogP contribution in [0.15, 0.2) is 18.2 Å². The molecule has 0 spiro atoms. The van der Waals surface area contributed by atoms with Crippen molar-refractivity contribution >= 4 is 23.2 Å². The van der Waals surface area contributed by atoms with Crippen molar-refractivity contribution in [2.24, 2.45) is 5.41 Å². The summed E-state index contributed by atoms with van der Waals surface area (Å²) in [4.78, 5) is 31.1. The Morgan fingerprint density at radius 3 is 1.59 bits per heavy atom. The normalized spacial score (nSPS) is 11.7. The van der Waals surface area contributed by atoms with Gasteiger partial charge < -0.3 is 14.8 Å². The number of nitrogens with one attached hydrogen (secondary N) is 1. The zero-order valence-electron chi connectivity index (χ0n) is 16.0. The van der Waals surface area contributed by atoms with Gasteiger partial charge in [0.15, 0.2) is 0 Å². The fraction of sp³-hybridized carbons (Fsp3) is 0.471. The number of ketones is 2. The molecule has 29 heavy (non-hydrogen) atoms. The summed E-state index contributed by atoms with van der Waals surface area (Å²) in [5.74, 6) is -5.59. The molecule has 0 heterocycles. The summed E-state index contributed by atoms with van der Waals surface area (Å²) in [7, 11) is 3.14. The largest absolute Gasteiger partial charge is 0.497 e. The zero-order valence-corrected chi connectivity index (χ0v) is 16.0. The minimum absolute atomic E-state index is 0.0657. The number of carbonyl (C=O) groups excluding carboxylic acids is 3. The molecule has 0 unspecified atom stereocenters. The molecular weight excluding hydrogens is 412 g/mol. The molecule has 1 aromatic carbocycles. The summed E-state index contributed by atoms with van der Waals surface area (Å²) >= 11 is 0. The van der Waals surface area contributed by atoms with Crippen molar-refractivity contribution in [2.75, 3.05) is 19.5 Å². The number of Topliss-reactive ketones (excluding diaryl/α,β-unsaturated/α-hetero) is 2. The van der Waals surface area contributed by atoms with Gasteiger partial charge in [-0.25, -0.2) is 0 Å². The van der Waals surface area contributed by atoms with Crippen molar-refractivity contribution < 1.29 is 50.2 Å². The minimum Gasteiger partial charge on any atom is -0.497 e. The maximum atomic E-state index is 11.9. The summed E-state index contributed by atoms with van der Waals surface area (Å²) < 4.78 is 77.3. The summed E-state index contributed by atoms with van der Waals surface area (Å²) in [6.07, 6.45) is -11.5. The van der Waals surface area contributed by atoms with Crippen molar-refractivity contribution in [3.63, 3.8) is 0 Å². The Kier molecular flexibility index (Phi) is 8.69. The molecule has 0 aliphatic rings. The van der Waals surface area contributed by atoms with Gasteiger partial charge in [-0.3, -0.25) is 14.4 Å². The highest BCUT2D eigenvalue weighted by Crippen LogP contribution is 2.30. The average molecular weight is 431 g/mol. The minimum atomic E-state index is -5.77.